The van der Waals surface area contributed by atoms with Crippen molar-refractivity contribution in [3.63, 3.8) is 0 Å². The van der Waals surface area contributed by atoms with Crippen LogP contribution in [0.4, 0.5) is 4.39 Å². The summed E-state index contributed by atoms with van der Waals surface area (Å²) in [6.45, 7) is 2.26. The summed E-state index contributed by atoms with van der Waals surface area (Å²) in [5, 5.41) is 17.4. The van der Waals surface area contributed by atoms with E-state index >= 15 is 0 Å². The number of hydrogen-bond acceptors (Lipinski definition) is 6. The third-order valence-corrected chi connectivity index (χ3v) is 7.12. The highest BCUT2D eigenvalue weighted by molar-refractivity contribution is 5.94. The van der Waals surface area contributed by atoms with E-state index in [9.17, 15) is 19.1 Å². The van der Waals surface area contributed by atoms with Crippen molar-refractivity contribution >= 4 is 5.91 Å². The van der Waals surface area contributed by atoms with Crippen LogP contribution in [0.15, 0.2) is 29.3 Å². The molecule has 1 saturated carbocycles. The van der Waals surface area contributed by atoms with Crippen molar-refractivity contribution < 1.29 is 14.3 Å². The SMILES string of the molecule is Cc1ncnn1-c1cc(F)ccc1CNC(=O)c1nc2n(c(=O)c1O)CCCC21CCCCC1. The van der Waals surface area contributed by atoms with Gasteiger partial charge in [-0.15, -0.1) is 0 Å². The number of aryl methyl sites for hydroxylation is 1. The summed E-state index contributed by atoms with van der Waals surface area (Å²) in [4.78, 5) is 34.7. The van der Waals surface area contributed by atoms with Crippen molar-refractivity contribution in [2.24, 2.45) is 0 Å². The van der Waals surface area contributed by atoms with Gasteiger partial charge in [-0.3, -0.25) is 14.2 Å². The lowest BCUT2D eigenvalue weighted by molar-refractivity contribution is 0.0939. The third kappa shape index (κ3) is 3.76. The molecule has 178 valence electrons. The van der Waals surface area contributed by atoms with E-state index in [0.717, 1.165) is 44.9 Å². The molecule has 1 aliphatic heterocycles. The molecule has 3 heterocycles. The zero-order valence-corrected chi connectivity index (χ0v) is 19.1. The average Bonchev–Trinajstić information content (AvgIpc) is 3.27. The van der Waals surface area contributed by atoms with E-state index in [0.29, 0.717) is 29.4 Å². The lowest BCUT2D eigenvalue weighted by Crippen LogP contribution is -2.43. The summed E-state index contributed by atoms with van der Waals surface area (Å²) in [5.74, 6) is -0.550. The Morgan fingerprint density at radius 3 is 2.71 bits per heavy atom. The molecule has 2 aromatic heterocycles. The molecular formula is C24H27FN6O3. The summed E-state index contributed by atoms with van der Waals surface area (Å²) in [7, 11) is 0. The van der Waals surface area contributed by atoms with Gasteiger partial charge in [0.1, 0.15) is 23.8 Å². The Labute approximate surface area is 195 Å². The number of rotatable bonds is 4. The van der Waals surface area contributed by atoms with Crippen LogP contribution in [0.2, 0.25) is 0 Å². The third-order valence-electron chi connectivity index (χ3n) is 7.12. The van der Waals surface area contributed by atoms with Gasteiger partial charge in [0.05, 0.1) is 5.69 Å². The van der Waals surface area contributed by atoms with Crippen LogP contribution in [0.3, 0.4) is 0 Å². The summed E-state index contributed by atoms with van der Waals surface area (Å²) in [5.41, 5.74) is -0.00252. The van der Waals surface area contributed by atoms with Crippen molar-refractivity contribution in [3.05, 3.63) is 63.6 Å². The van der Waals surface area contributed by atoms with Crippen LogP contribution in [0.1, 0.15) is 72.6 Å². The number of aromatic nitrogens is 5. The topological polar surface area (TPSA) is 115 Å². The molecule has 1 aromatic carbocycles. The van der Waals surface area contributed by atoms with Gasteiger partial charge in [-0.2, -0.15) is 5.10 Å². The van der Waals surface area contributed by atoms with E-state index in [-0.39, 0.29) is 17.7 Å². The molecule has 0 unspecified atom stereocenters. The van der Waals surface area contributed by atoms with E-state index in [1.165, 1.54) is 23.1 Å². The zero-order valence-electron chi connectivity index (χ0n) is 19.1. The molecular weight excluding hydrogens is 439 g/mol. The van der Waals surface area contributed by atoms with Gasteiger partial charge in [-0.1, -0.05) is 25.3 Å². The molecule has 0 bridgehead atoms. The van der Waals surface area contributed by atoms with Crippen LogP contribution >= 0.6 is 0 Å². The molecule has 0 saturated heterocycles. The van der Waals surface area contributed by atoms with Crippen LogP contribution in [-0.2, 0) is 18.5 Å². The van der Waals surface area contributed by atoms with Crippen molar-refractivity contribution in [1.82, 2.24) is 29.6 Å². The second-order valence-corrected chi connectivity index (χ2v) is 9.21. The fourth-order valence-electron chi connectivity index (χ4n) is 5.38. The molecule has 3 aromatic rings. The molecule has 0 atom stereocenters. The van der Waals surface area contributed by atoms with Crippen molar-refractivity contribution in [3.8, 4) is 11.4 Å². The highest BCUT2D eigenvalue weighted by atomic mass is 19.1. The number of carbonyl (C=O) groups is 1. The Kier molecular flexibility index (Phi) is 5.66. The van der Waals surface area contributed by atoms with Gasteiger partial charge in [0.25, 0.3) is 11.5 Å². The minimum atomic E-state index is -0.653. The predicted octanol–water partition coefficient (Wildman–Crippen LogP) is 2.90. The van der Waals surface area contributed by atoms with Crippen molar-refractivity contribution in [1.29, 1.82) is 0 Å². The molecule has 1 amide bonds. The second-order valence-electron chi connectivity index (χ2n) is 9.21. The summed E-state index contributed by atoms with van der Waals surface area (Å²) in [6.07, 6.45) is 8.30. The van der Waals surface area contributed by atoms with Crippen LogP contribution in [0, 0.1) is 12.7 Å². The normalized spacial score (nSPS) is 16.9. The molecule has 9 nitrogen and oxygen atoms in total. The Hall–Kier alpha value is -3.56. The first kappa shape index (κ1) is 22.2. The number of benzene rings is 1. The average molecular weight is 467 g/mol. The lowest BCUT2D eigenvalue weighted by atomic mass is 9.69. The van der Waals surface area contributed by atoms with E-state index in [1.54, 1.807) is 17.6 Å². The van der Waals surface area contributed by atoms with E-state index < -0.39 is 23.0 Å². The van der Waals surface area contributed by atoms with Crippen LogP contribution in [0.5, 0.6) is 5.75 Å². The van der Waals surface area contributed by atoms with E-state index in [2.05, 4.69) is 20.4 Å². The fourth-order valence-corrected chi connectivity index (χ4v) is 5.38. The number of aromatic hydroxyl groups is 1. The highest BCUT2D eigenvalue weighted by Gasteiger charge is 2.41. The predicted molar refractivity (Wildman–Crippen MR) is 121 cm³/mol. The molecule has 2 aliphatic rings. The quantitative estimate of drug-likeness (QED) is 0.611. The van der Waals surface area contributed by atoms with E-state index in [1.807, 2.05) is 0 Å². The number of halogens is 1. The fraction of sp³-hybridized carbons (Fsp3) is 0.458. The molecule has 0 radical (unpaired) electrons. The Morgan fingerprint density at radius 1 is 1.21 bits per heavy atom. The highest BCUT2D eigenvalue weighted by Crippen LogP contribution is 2.44. The van der Waals surface area contributed by atoms with Gasteiger partial charge in [0.2, 0.25) is 5.75 Å². The summed E-state index contributed by atoms with van der Waals surface area (Å²) < 4.78 is 17.0. The van der Waals surface area contributed by atoms with Gasteiger partial charge in [-0.25, -0.2) is 19.0 Å². The van der Waals surface area contributed by atoms with Gasteiger partial charge < -0.3 is 10.4 Å². The molecule has 5 rings (SSSR count). The largest absolute Gasteiger partial charge is 0.501 e. The number of carbonyl (C=O) groups excluding carboxylic acids is 1. The zero-order chi connectivity index (χ0) is 23.9. The Morgan fingerprint density at radius 2 is 1.97 bits per heavy atom. The molecule has 34 heavy (non-hydrogen) atoms. The summed E-state index contributed by atoms with van der Waals surface area (Å²) >= 11 is 0. The monoisotopic (exact) mass is 466 g/mol. The van der Waals surface area contributed by atoms with E-state index in [4.69, 9.17) is 0 Å². The maximum Gasteiger partial charge on any atom is 0.296 e. The molecule has 2 N–H and O–H groups in total. The van der Waals surface area contributed by atoms with Gasteiger partial charge in [-0.05, 0) is 50.3 Å². The molecule has 1 aliphatic carbocycles. The number of fused-ring (bicyclic) bond motifs is 2. The van der Waals surface area contributed by atoms with Crippen LogP contribution in [-0.4, -0.2) is 35.3 Å². The summed E-state index contributed by atoms with van der Waals surface area (Å²) in [6, 6.07) is 4.17. The van der Waals surface area contributed by atoms with Gasteiger partial charge >= 0.3 is 0 Å². The number of hydrogen-bond donors (Lipinski definition) is 2. The van der Waals surface area contributed by atoms with Gasteiger partial charge in [0, 0.05) is 18.5 Å². The molecule has 10 heteroatoms. The standard InChI is InChI=1S/C24H27FN6O3/c1-15-27-14-28-31(15)18-12-17(25)7-6-16(18)13-26-21(33)19-20(32)22(34)30-11-5-10-24(23(30)29-19)8-3-2-4-9-24/h6-7,12,14,32H,2-5,8-11,13H2,1H3,(H,26,33). The minimum Gasteiger partial charge on any atom is -0.501 e. The Balaban J connectivity index is 1.46. The minimum absolute atomic E-state index is 0.0262. The molecule has 1 spiro atoms. The van der Waals surface area contributed by atoms with Crippen LogP contribution < -0.4 is 10.9 Å². The smallest absolute Gasteiger partial charge is 0.296 e. The van der Waals surface area contributed by atoms with Crippen LogP contribution in [0.25, 0.3) is 5.69 Å². The molecule has 1 fully saturated rings. The second kappa shape index (κ2) is 8.66. The maximum atomic E-state index is 13.9. The maximum absolute atomic E-state index is 13.9. The number of amides is 1. The lowest BCUT2D eigenvalue weighted by Gasteiger charge is -2.41. The first-order valence-electron chi connectivity index (χ1n) is 11.7. The van der Waals surface area contributed by atoms with Gasteiger partial charge in [0.15, 0.2) is 5.69 Å². The van der Waals surface area contributed by atoms with Crippen molar-refractivity contribution in [2.75, 3.05) is 0 Å². The van der Waals surface area contributed by atoms with Crippen molar-refractivity contribution in [2.45, 2.75) is 70.4 Å². The first-order valence-corrected chi connectivity index (χ1v) is 11.7. The number of nitrogens with one attached hydrogen (secondary N) is 1. The number of nitrogens with zero attached hydrogens (tertiary/aromatic N) is 5. The Bertz CT molecular complexity index is 1310. The first-order chi connectivity index (χ1) is 16.4.